The van der Waals surface area contributed by atoms with Crippen LogP contribution in [0.3, 0.4) is 0 Å². The largest absolute Gasteiger partial charge is 0.392 e. The molecule has 0 aliphatic heterocycles. The van der Waals surface area contributed by atoms with E-state index in [-0.39, 0.29) is 6.61 Å². The number of benzene rings is 9. The summed E-state index contributed by atoms with van der Waals surface area (Å²) in [5.74, 6) is 0. The Bertz CT molecular complexity index is 2550. The zero-order valence-corrected chi connectivity index (χ0v) is 27.3. The van der Waals surface area contributed by atoms with Gasteiger partial charge in [-0.1, -0.05) is 175 Å². The molecule has 49 heavy (non-hydrogen) atoms. The first-order valence-corrected chi connectivity index (χ1v) is 16.9. The minimum absolute atomic E-state index is 0.0409. The second-order valence-corrected chi connectivity index (χ2v) is 13.0. The van der Waals surface area contributed by atoms with Crippen LogP contribution < -0.4 is 0 Å². The highest BCUT2D eigenvalue weighted by atomic mass is 16.3. The van der Waals surface area contributed by atoms with Crippen LogP contribution in [0.15, 0.2) is 170 Å². The molecule has 0 bridgehead atoms. The van der Waals surface area contributed by atoms with Gasteiger partial charge in [-0.2, -0.15) is 0 Å². The minimum atomic E-state index is 0.0409. The van der Waals surface area contributed by atoms with Crippen LogP contribution in [0, 0.1) is 6.92 Å². The molecule has 0 aliphatic rings. The molecule has 0 saturated heterocycles. The lowest BCUT2D eigenvalue weighted by atomic mass is 9.84. The molecule has 0 aromatic heterocycles. The first-order chi connectivity index (χ1) is 24.2. The Kier molecular flexibility index (Phi) is 7.08. The Hall–Kier alpha value is -6.02. The van der Waals surface area contributed by atoms with E-state index in [9.17, 15) is 5.11 Å². The van der Waals surface area contributed by atoms with Gasteiger partial charge >= 0.3 is 0 Å². The second-order valence-electron chi connectivity index (χ2n) is 13.0. The van der Waals surface area contributed by atoms with Gasteiger partial charge in [0.05, 0.1) is 6.61 Å². The summed E-state index contributed by atoms with van der Waals surface area (Å²) in [6.07, 6.45) is 0. The van der Waals surface area contributed by atoms with Crippen LogP contribution in [0.4, 0.5) is 0 Å². The Morgan fingerprint density at radius 1 is 0.306 bits per heavy atom. The number of aliphatic hydroxyl groups is 1. The van der Waals surface area contributed by atoms with E-state index >= 15 is 0 Å². The van der Waals surface area contributed by atoms with Crippen molar-refractivity contribution >= 4 is 43.1 Å². The third-order valence-electron chi connectivity index (χ3n) is 10.1. The quantitative estimate of drug-likeness (QED) is 0.188. The summed E-state index contributed by atoms with van der Waals surface area (Å²) >= 11 is 0. The number of hydrogen-bond donors (Lipinski definition) is 1. The third-order valence-corrected chi connectivity index (χ3v) is 10.1. The molecule has 0 atom stereocenters. The molecule has 9 aromatic carbocycles. The van der Waals surface area contributed by atoms with Crippen LogP contribution in [0.1, 0.15) is 11.1 Å². The summed E-state index contributed by atoms with van der Waals surface area (Å²) in [4.78, 5) is 0. The zero-order chi connectivity index (χ0) is 32.9. The van der Waals surface area contributed by atoms with Crippen molar-refractivity contribution in [1.82, 2.24) is 0 Å². The van der Waals surface area contributed by atoms with Crippen LogP contribution in [0.25, 0.3) is 87.6 Å². The molecule has 232 valence electrons. The molecule has 0 aliphatic carbocycles. The van der Waals surface area contributed by atoms with Gasteiger partial charge < -0.3 is 5.11 Å². The predicted octanol–water partition coefficient (Wildman–Crippen LogP) is 12.8. The predicted molar refractivity (Wildman–Crippen MR) is 209 cm³/mol. The Balaban J connectivity index is 1.26. The molecule has 0 radical (unpaired) electrons. The number of hydrogen-bond acceptors (Lipinski definition) is 1. The zero-order valence-electron chi connectivity index (χ0n) is 27.3. The van der Waals surface area contributed by atoms with Crippen LogP contribution in [0.2, 0.25) is 0 Å². The molecule has 0 spiro atoms. The van der Waals surface area contributed by atoms with Gasteiger partial charge in [0.25, 0.3) is 0 Å². The van der Waals surface area contributed by atoms with Crippen molar-refractivity contribution in [2.24, 2.45) is 0 Å². The molecule has 1 N–H and O–H groups in total. The van der Waals surface area contributed by atoms with Crippen molar-refractivity contribution in [3.63, 3.8) is 0 Å². The van der Waals surface area contributed by atoms with Gasteiger partial charge in [-0.15, -0.1) is 0 Å². The van der Waals surface area contributed by atoms with Crippen LogP contribution in [-0.2, 0) is 6.61 Å². The lowest BCUT2D eigenvalue weighted by Crippen LogP contribution is -1.92. The van der Waals surface area contributed by atoms with E-state index in [0.29, 0.717) is 0 Å². The van der Waals surface area contributed by atoms with E-state index in [4.69, 9.17) is 0 Å². The fraction of sp³-hybridized carbons (Fsp3) is 0.0417. The summed E-state index contributed by atoms with van der Waals surface area (Å²) < 4.78 is 0. The molecule has 0 heterocycles. The first-order valence-electron chi connectivity index (χ1n) is 16.9. The fourth-order valence-electron chi connectivity index (χ4n) is 7.80. The fourth-order valence-corrected chi connectivity index (χ4v) is 7.80. The van der Waals surface area contributed by atoms with Crippen molar-refractivity contribution < 1.29 is 5.11 Å². The standard InChI is InChI=1S/C48H34O/c1-31-18-22-33(23-19-31)45-37-10-2-6-14-41(37)47(42-15-7-3-11-38(42)45)35-26-28-36(29-27-35)48-43-16-8-4-12-39(43)46(40-13-5-9-17-44(40)48)34-24-20-32(30-49)21-25-34/h2-29,49H,30H2,1H3. The Labute approximate surface area is 286 Å². The molecule has 9 rings (SSSR count). The number of rotatable bonds is 5. The number of aryl methyl sites for hydroxylation is 1. The normalized spacial score (nSPS) is 11.6. The summed E-state index contributed by atoms with van der Waals surface area (Å²) in [6.45, 7) is 2.18. The highest BCUT2D eigenvalue weighted by molar-refractivity contribution is 6.23. The summed E-state index contributed by atoms with van der Waals surface area (Å²) in [5, 5.41) is 19.6. The molecule has 9 aromatic rings. The van der Waals surface area contributed by atoms with Gasteiger partial charge in [-0.05, 0) is 100 Å². The van der Waals surface area contributed by atoms with Crippen LogP contribution in [0.5, 0.6) is 0 Å². The van der Waals surface area contributed by atoms with E-state index in [1.54, 1.807) is 0 Å². The number of fused-ring (bicyclic) bond motifs is 4. The SMILES string of the molecule is Cc1ccc(-c2c3ccccc3c(-c3ccc(-c4c5ccccc5c(-c5ccc(CO)cc5)c5ccccc45)cc3)c3ccccc23)cc1. The minimum Gasteiger partial charge on any atom is -0.392 e. The van der Waals surface area contributed by atoms with E-state index in [2.05, 4.69) is 165 Å². The highest BCUT2D eigenvalue weighted by Gasteiger charge is 2.19. The molecule has 1 heteroatoms. The smallest absolute Gasteiger partial charge is 0.0681 e. The maximum Gasteiger partial charge on any atom is 0.0681 e. The summed E-state index contributed by atoms with van der Waals surface area (Å²) in [6, 6.07) is 61.7. The van der Waals surface area contributed by atoms with Gasteiger partial charge in [-0.3, -0.25) is 0 Å². The molecule has 0 unspecified atom stereocenters. The lowest BCUT2D eigenvalue weighted by molar-refractivity contribution is 0.282. The summed E-state index contributed by atoms with van der Waals surface area (Å²) in [5.41, 5.74) is 12.0. The average molecular weight is 627 g/mol. The van der Waals surface area contributed by atoms with Crippen molar-refractivity contribution in [2.75, 3.05) is 0 Å². The Morgan fingerprint density at radius 3 is 0.776 bits per heavy atom. The average Bonchev–Trinajstić information content (AvgIpc) is 3.16. The van der Waals surface area contributed by atoms with Crippen molar-refractivity contribution in [3.05, 3.63) is 181 Å². The van der Waals surface area contributed by atoms with E-state index in [0.717, 1.165) is 11.1 Å². The van der Waals surface area contributed by atoms with Crippen molar-refractivity contribution in [2.45, 2.75) is 13.5 Å². The third kappa shape index (κ3) is 4.82. The van der Waals surface area contributed by atoms with Gasteiger partial charge in [-0.25, -0.2) is 0 Å². The van der Waals surface area contributed by atoms with E-state index in [1.165, 1.54) is 87.6 Å². The van der Waals surface area contributed by atoms with Crippen molar-refractivity contribution in [3.8, 4) is 44.5 Å². The molecular weight excluding hydrogens is 593 g/mol. The lowest BCUT2D eigenvalue weighted by Gasteiger charge is -2.19. The maximum absolute atomic E-state index is 9.67. The second kappa shape index (κ2) is 11.9. The first kappa shape index (κ1) is 29.1. The van der Waals surface area contributed by atoms with Gasteiger partial charge in [0.1, 0.15) is 0 Å². The van der Waals surface area contributed by atoms with Gasteiger partial charge in [0.2, 0.25) is 0 Å². The van der Waals surface area contributed by atoms with Gasteiger partial charge in [0.15, 0.2) is 0 Å². The highest BCUT2D eigenvalue weighted by Crippen LogP contribution is 2.46. The van der Waals surface area contributed by atoms with E-state index < -0.39 is 0 Å². The number of aliphatic hydroxyl groups excluding tert-OH is 1. The van der Waals surface area contributed by atoms with Gasteiger partial charge in [0, 0.05) is 0 Å². The molecule has 0 fully saturated rings. The van der Waals surface area contributed by atoms with E-state index in [1.807, 2.05) is 12.1 Å². The molecule has 0 saturated carbocycles. The van der Waals surface area contributed by atoms with Crippen molar-refractivity contribution in [1.29, 1.82) is 0 Å². The van der Waals surface area contributed by atoms with Crippen LogP contribution in [-0.4, -0.2) is 5.11 Å². The monoisotopic (exact) mass is 626 g/mol. The summed E-state index contributed by atoms with van der Waals surface area (Å²) in [7, 11) is 0. The molecular formula is C48H34O. The maximum atomic E-state index is 9.67. The topological polar surface area (TPSA) is 20.2 Å². The molecule has 1 nitrogen and oxygen atoms in total. The molecule has 0 amide bonds. The Morgan fingerprint density at radius 2 is 0.531 bits per heavy atom. The van der Waals surface area contributed by atoms with Crippen LogP contribution >= 0.6 is 0 Å².